The Balaban J connectivity index is 1.13. The third-order valence-electron chi connectivity index (χ3n) is 7.87. The molecule has 1 aliphatic heterocycles. The van der Waals surface area contributed by atoms with Gasteiger partial charge in [-0.3, -0.25) is 19.2 Å². The molecule has 46 heavy (non-hydrogen) atoms. The van der Waals surface area contributed by atoms with E-state index < -0.39 is 17.7 Å². The summed E-state index contributed by atoms with van der Waals surface area (Å²) in [7, 11) is 0. The van der Waals surface area contributed by atoms with Crippen molar-refractivity contribution in [2.24, 2.45) is 0 Å². The molecule has 0 spiro atoms. The molecule has 5 heterocycles. The van der Waals surface area contributed by atoms with Crippen molar-refractivity contribution in [2.75, 3.05) is 44.8 Å². The first-order valence-corrected chi connectivity index (χ1v) is 16.0. The molecule has 6 rings (SSSR count). The molecule has 13 nitrogen and oxygen atoms in total. The van der Waals surface area contributed by atoms with Gasteiger partial charge in [-0.2, -0.15) is 14.6 Å². The molecule has 2 aliphatic rings. The average molecular weight is 657 g/mol. The first kappa shape index (κ1) is 31.8. The highest BCUT2D eigenvalue weighted by atomic mass is 32.1. The normalized spacial score (nSPS) is 18.8. The standard InChI is InChI=1S/C30H34F2N8O5S/c1-2-44-21-5-3-20(4-6-21)40-15-23(28(37-40)27-22(31)7-8-25(32)36-27)34-29(42)24-17-46-30(35-24)19-13-33-39(14-19)18-45-26(41)16-38-9-11-43-12-10-38/h7-8,13-15,17,20-21H,2-6,9-12,16,18H2,1H3,(H,34,42). The number of thiazole rings is 1. The maximum Gasteiger partial charge on any atom is 0.321 e. The minimum Gasteiger partial charge on any atom is -0.441 e. The number of ether oxygens (including phenoxy) is 3. The summed E-state index contributed by atoms with van der Waals surface area (Å²) in [4.78, 5) is 35.7. The van der Waals surface area contributed by atoms with Crippen molar-refractivity contribution in [2.45, 2.75) is 51.5 Å². The molecule has 4 aromatic heterocycles. The zero-order chi connectivity index (χ0) is 32.0. The number of aromatic nitrogens is 6. The maximum absolute atomic E-state index is 14.8. The average Bonchev–Trinajstić information content (AvgIpc) is 3.83. The van der Waals surface area contributed by atoms with Crippen molar-refractivity contribution in [1.29, 1.82) is 0 Å². The second kappa shape index (κ2) is 14.5. The van der Waals surface area contributed by atoms with Crippen LogP contribution in [-0.4, -0.2) is 91.9 Å². The van der Waals surface area contributed by atoms with Gasteiger partial charge in [-0.25, -0.2) is 19.0 Å². The Morgan fingerprint density at radius 1 is 1.09 bits per heavy atom. The van der Waals surface area contributed by atoms with Gasteiger partial charge in [-0.05, 0) is 44.7 Å². The van der Waals surface area contributed by atoms with Gasteiger partial charge in [0.2, 0.25) is 5.95 Å². The first-order chi connectivity index (χ1) is 22.4. The van der Waals surface area contributed by atoms with E-state index in [4.69, 9.17) is 14.2 Å². The van der Waals surface area contributed by atoms with Crippen LogP contribution < -0.4 is 5.32 Å². The lowest BCUT2D eigenvalue weighted by Gasteiger charge is -2.28. The smallest absolute Gasteiger partial charge is 0.321 e. The third-order valence-corrected chi connectivity index (χ3v) is 8.76. The zero-order valence-electron chi connectivity index (χ0n) is 25.2. The Morgan fingerprint density at radius 2 is 1.89 bits per heavy atom. The molecule has 0 bridgehead atoms. The Labute approximate surface area is 267 Å². The maximum atomic E-state index is 14.8. The number of rotatable bonds is 11. The fourth-order valence-electron chi connectivity index (χ4n) is 5.51. The molecule has 1 saturated heterocycles. The van der Waals surface area contributed by atoms with Crippen molar-refractivity contribution in [3.63, 3.8) is 0 Å². The van der Waals surface area contributed by atoms with Gasteiger partial charge >= 0.3 is 5.97 Å². The zero-order valence-corrected chi connectivity index (χ0v) is 26.0. The van der Waals surface area contributed by atoms with Crippen molar-refractivity contribution >= 4 is 28.9 Å². The van der Waals surface area contributed by atoms with Gasteiger partial charge in [-0.1, -0.05) is 0 Å². The SMILES string of the molecule is CCOC1CCC(n2cc(NC(=O)c3csc(-c4cnn(COC(=O)CN5CCOCC5)c4)n3)c(-c3nc(F)ccc3F)n2)CC1. The summed E-state index contributed by atoms with van der Waals surface area (Å²) in [6.45, 7) is 5.27. The number of hydrogen-bond donors (Lipinski definition) is 1. The highest BCUT2D eigenvalue weighted by molar-refractivity contribution is 7.13. The molecular formula is C30H34F2N8O5S. The molecule has 1 aliphatic carbocycles. The number of hydrogen-bond acceptors (Lipinski definition) is 11. The van der Waals surface area contributed by atoms with Crippen molar-refractivity contribution < 1.29 is 32.6 Å². The minimum absolute atomic E-state index is 0.00113. The van der Waals surface area contributed by atoms with E-state index in [9.17, 15) is 18.4 Å². The topological polar surface area (TPSA) is 139 Å². The van der Waals surface area contributed by atoms with E-state index in [1.807, 2.05) is 11.8 Å². The fraction of sp³-hybridized carbons (Fsp3) is 0.467. The second-order valence-corrected chi connectivity index (χ2v) is 11.9. The van der Waals surface area contributed by atoms with Gasteiger partial charge in [0.15, 0.2) is 12.5 Å². The summed E-state index contributed by atoms with van der Waals surface area (Å²) in [6, 6.07) is 1.91. The van der Waals surface area contributed by atoms with Crippen LogP contribution in [0.2, 0.25) is 0 Å². The largest absolute Gasteiger partial charge is 0.441 e. The molecule has 4 aromatic rings. The lowest BCUT2D eigenvalue weighted by molar-refractivity contribution is -0.150. The fourth-order valence-corrected chi connectivity index (χ4v) is 6.28. The molecule has 244 valence electrons. The van der Waals surface area contributed by atoms with Gasteiger partial charge in [0.05, 0.1) is 43.8 Å². The van der Waals surface area contributed by atoms with Crippen LogP contribution in [0.15, 0.2) is 36.1 Å². The van der Waals surface area contributed by atoms with E-state index in [-0.39, 0.29) is 54.2 Å². The van der Waals surface area contributed by atoms with E-state index >= 15 is 0 Å². The van der Waals surface area contributed by atoms with Crippen LogP contribution in [0.4, 0.5) is 14.5 Å². The summed E-state index contributed by atoms with van der Waals surface area (Å²) in [5, 5.41) is 13.7. The number of carbonyl (C=O) groups is 2. The van der Waals surface area contributed by atoms with Crippen molar-refractivity contribution in [3.05, 3.63) is 53.6 Å². The van der Waals surface area contributed by atoms with Crippen LogP contribution in [0.5, 0.6) is 0 Å². The molecule has 2 fully saturated rings. The molecule has 1 N–H and O–H groups in total. The van der Waals surface area contributed by atoms with Crippen LogP contribution in [0, 0.1) is 11.8 Å². The van der Waals surface area contributed by atoms with E-state index in [1.54, 1.807) is 28.7 Å². The minimum atomic E-state index is -0.864. The molecule has 0 radical (unpaired) electrons. The van der Waals surface area contributed by atoms with Crippen LogP contribution in [0.25, 0.3) is 22.0 Å². The van der Waals surface area contributed by atoms with E-state index in [2.05, 4.69) is 25.5 Å². The summed E-state index contributed by atoms with van der Waals surface area (Å²) >= 11 is 1.23. The van der Waals surface area contributed by atoms with Crippen LogP contribution in [0.3, 0.4) is 0 Å². The molecule has 1 saturated carbocycles. The number of carbonyl (C=O) groups excluding carboxylic acids is 2. The number of pyridine rings is 1. The molecule has 0 aromatic carbocycles. The predicted molar refractivity (Wildman–Crippen MR) is 163 cm³/mol. The quantitative estimate of drug-likeness (QED) is 0.185. The van der Waals surface area contributed by atoms with Gasteiger partial charge in [0.1, 0.15) is 22.1 Å². The van der Waals surface area contributed by atoms with E-state index in [0.717, 1.165) is 37.8 Å². The Hall–Kier alpha value is -4.12. The number of amides is 1. The predicted octanol–water partition coefficient (Wildman–Crippen LogP) is 4.15. The van der Waals surface area contributed by atoms with E-state index in [1.165, 1.54) is 16.0 Å². The number of halogens is 2. The number of nitrogens with one attached hydrogen (secondary N) is 1. The number of morpholine rings is 1. The van der Waals surface area contributed by atoms with Gasteiger partial charge in [-0.15, -0.1) is 11.3 Å². The second-order valence-electron chi connectivity index (χ2n) is 11.0. The monoisotopic (exact) mass is 656 g/mol. The van der Waals surface area contributed by atoms with E-state index in [0.29, 0.717) is 43.5 Å². The molecule has 0 atom stereocenters. The molecule has 0 unspecified atom stereocenters. The summed E-state index contributed by atoms with van der Waals surface area (Å²) in [6.07, 6.45) is 8.30. The van der Waals surface area contributed by atoms with Crippen LogP contribution >= 0.6 is 11.3 Å². The number of nitrogens with zero attached hydrogens (tertiary/aromatic N) is 7. The van der Waals surface area contributed by atoms with Gasteiger partial charge in [0, 0.05) is 43.0 Å². The van der Waals surface area contributed by atoms with Crippen molar-refractivity contribution in [3.8, 4) is 22.0 Å². The number of anilines is 1. The Morgan fingerprint density at radius 3 is 2.67 bits per heavy atom. The van der Waals surface area contributed by atoms with Crippen molar-refractivity contribution in [1.82, 2.24) is 34.4 Å². The van der Waals surface area contributed by atoms with Gasteiger partial charge in [0.25, 0.3) is 5.91 Å². The Kier molecular flexibility index (Phi) is 10.1. The Bertz CT molecular complexity index is 1660. The summed E-state index contributed by atoms with van der Waals surface area (Å²) < 4.78 is 48.4. The molecule has 1 amide bonds. The third kappa shape index (κ3) is 7.63. The summed E-state index contributed by atoms with van der Waals surface area (Å²) in [5.41, 5.74) is 0.671. The van der Waals surface area contributed by atoms with Crippen LogP contribution in [0.1, 0.15) is 49.1 Å². The summed E-state index contributed by atoms with van der Waals surface area (Å²) in [5.74, 6) is -2.54. The lowest BCUT2D eigenvalue weighted by Crippen LogP contribution is -2.40. The van der Waals surface area contributed by atoms with Crippen LogP contribution in [-0.2, 0) is 25.7 Å². The van der Waals surface area contributed by atoms with Gasteiger partial charge < -0.3 is 19.5 Å². The highest BCUT2D eigenvalue weighted by Crippen LogP contribution is 2.34. The molecular weight excluding hydrogens is 622 g/mol. The lowest BCUT2D eigenvalue weighted by atomic mass is 9.93. The highest BCUT2D eigenvalue weighted by Gasteiger charge is 2.27. The number of esters is 1. The molecule has 16 heteroatoms. The first-order valence-electron chi connectivity index (χ1n) is 15.1.